The Morgan fingerprint density at radius 2 is 1.59 bits per heavy atom. The first-order valence-corrected chi connectivity index (χ1v) is 15.7. The number of benzene rings is 3. The number of nitrogens with one attached hydrogen (secondary N) is 1. The van der Waals surface area contributed by atoms with Crippen LogP contribution in [0.15, 0.2) is 65.6 Å². The van der Waals surface area contributed by atoms with Crippen LogP contribution in [0.3, 0.4) is 0 Å². The molecule has 3 rings (SSSR count). The van der Waals surface area contributed by atoms with Gasteiger partial charge >= 0.3 is 0 Å². The van der Waals surface area contributed by atoms with Crippen LogP contribution < -0.4 is 9.62 Å². The fraction of sp³-hybridized carbons (Fsp3) is 0.355. The lowest BCUT2D eigenvalue weighted by Crippen LogP contribution is -2.51. The summed E-state index contributed by atoms with van der Waals surface area (Å²) in [6.45, 7) is 9.18. The van der Waals surface area contributed by atoms with Gasteiger partial charge in [0.15, 0.2) is 0 Å². The number of rotatable bonds is 12. The molecule has 0 bridgehead atoms. The van der Waals surface area contributed by atoms with E-state index in [0.717, 1.165) is 28.3 Å². The molecule has 0 unspecified atom stereocenters. The number of aryl methyl sites for hydroxylation is 3. The maximum Gasteiger partial charge on any atom is 0.264 e. The summed E-state index contributed by atoms with van der Waals surface area (Å²) in [6, 6.07) is 15.9. The van der Waals surface area contributed by atoms with E-state index in [1.807, 2.05) is 26.8 Å². The number of anilines is 1. The van der Waals surface area contributed by atoms with Gasteiger partial charge in [0.25, 0.3) is 10.0 Å². The molecule has 0 radical (unpaired) electrons. The van der Waals surface area contributed by atoms with Gasteiger partial charge in [-0.3, -0.25) is 13.9 Å². The maximum absolute atomic E-state index is 14.1. The molecule has 0 aliphatic carbocycles. The van der Waals surface area contributed by atoms with E-state index < -0.39 is 28.5 Å². The van der Waals surface area contributed by atoms with Crippen LogP contribution in [0.2, 0.25) is 10.0 Å². The summed E-state index contributed by atoms with van der Waals surface area (Å²) >= 11 is 12.5. The van der Waals surface area contributed by atoms with E-state index in [2.05, 4.69) is 5.32 Å². The standard InChI is InChI=1S/C31H37Cl2N3O4S/c1-6-7-16-34-31(38)24(5)35(19-25-11-12-26(32)18-28(25)33)30(37)20-36(29-15-10-22(3)17-23(29)4)41(39,40)27-13-8-21(2)9-14-27/h8-15,17-18,24H,6-7,16,19-20H2,1-5H3,(H,34,38)/t24-/m0/s1. The number of hydrogen-bond donors (Lipinski definition) is 1. The summed E-state index contributed by atoms with van der Waals surface area (Å²) in [7, 11) is -4.14. The smallest absolute Gasteiger partial charge is 0.264 e. The van der Waals surface area contributed by atoms with Crippen LogP contribution in [-0.4, -0.2) is 44.3 Å². The third-order valence-corrected chi connectivity index (χ3v) is 9.22. The predicted molar refractivity (Wildman–Crippen MR) is 166 cm³/mol. The van der Waals surface area contributed by atoms with Crippen LogP contribution in [-0.2, 0) is 26.2 Å². The third-order valence-electron chi connectivity index (χ3n) is 6.86. The van der Waals surface area contributed by atoms with Gasteiger partial charge in [-0.05, 0) is 75.6 Å². The lowest BCUT2D eigenvalue weighted by Gasteiger charge is -2.32. The third kappa shape index (κ3) is 8.24. The highest BCUT2D eigenvalue weighted by molar-refractivity contribution is 7.92. The van der Waals surface area contributed by atoms with Gasteiger partial charge in [0, 0.05) is 23.1 Å². The first-order valence-electron chi connectivity index (χ1n) is 13.5. The minimum absolute atomic E-state index is 0.0114. The fourth-order valence-corrected chi connectivity index (χ4v) is 6.34. The van der Waals surface area contributed by atoms with Crippen molar-refractivity contribution in [2.75, 3.05) is 17.4 Å². The summed E-state index contributed by atoms with van der Waals surface area (Å²) < 4.78 is 29.1. The molecule has 0 aromatic heterocycles. The Kier molecular flexibility index (Phi) is 11.2. The van der Waals surface area contributed by atoms with Crippen LogP contribution >= 0.6 is 23.2 Å². The molecule has 10 heteroatoms. The van der Waals surface area contributed by atoms with Crippen LogP contribution in [0.1, 0.15) is 48.9 Å². The molecule has 3 aromatic rings. The minimum atomic E-state index is -4.14. The molecule has 3 aromatic carbocycles. The average molecular weight is 619 g/mol. The Morgan fingerprint density at radius 1 is 0.927 bits per heavy atom. The van der Waals surface area contributed by atoms with Gasteiger partial charge in [0.1, 0.15) is 12.6 Å². The lowest BCUT2D eigenvalue weighted by atomic mass is 10.1. The average Bonchev–Trinajstić information content (AvgIpc) is 2.91. The molecule has 0 saturated heterocycles. The van der Waals surface area contributed by atoms with Crippen LogP contribution in [0, 0.1) is 20.8 Å². The summed E-state index contributed by atoms with van der Waals surface area (Å²) in [5.41, 5.74) is 3.53. The summed E-state index contributed by atoms with van der Waals surface area (Å²) in [5.74, 6) is -0.888. The van der Waals surface area contributed by atoms with Crippen molar-refractivity contribution in [1.82, 2.24) is 10.2 Å². The predicted octanol–water partition coefficient (Wildman–Crippen LogP) is 6.45. The van der Waals surface area contributed by atoms with Crippen molar-refractivity contribution < 1.29 is 18.0 Å². The molecule has 7 nitrogen and oxygen atoms in total. The van der Waals surface area contributed by atoms with Gasteiger partial charge in [0.2, 0.25) is 11.8 Å². The Morgan fingerprint density at radius 3 is 2.20 bits per heavy atom. The normalized spacial score (nSPS) is 12.1. The molecule has 0 spiro atoms. The van der Waals surface area contributed by atoms with Gasteiger partial charge in [-0.15, -0.1) is 0 Å². The molecular weight excluding hydrogens is 581 g/mol. The number of nitrogens with zero attached hydrogens (tertiary/aromatic N) is 2. The summed E-state index contributed by atoms with van der Waals surface area (Å²) in [5, 5.41) is 3.65. The number of carbonyl (C=O) groups is 2. The minimum Gasteiger partial charge on any atom is -0.354 e. The molecule has 2 amide bonds. The van der Waals surface area contributed by atoms with Crippen LogP contribution in [0.4, 0.5) is 5.69 Å². The quantitative estimate of drug-likeness (QED) is 0.237. The highest BCUT2D eigenvalue weighted by atomic mass is 35.5. The van der Waals surface area contributed by atoms with Gasteiger partial charge in [-0.25, -0.2) is 8.42 Å². The lowest BCUT2D eigenvalue weighted by molar-refractivity contribution is -0.139. The SMILES string of the molecule is CCCCNC(=O)[C@H](C)N(Cc1ccc(Cl)cc1Cl)C(=O)CN(c1ccc(C)cc1C)S(=O)(=O)c1ccc(C)cc1. The van der Waals surface area contributed by atoms with E-state index in [4.69, 9.17) is 23.2 Å². The molecule has 0 heterocycles. The molecule has 41 heavy (non-hydrogen) atoms. The zero-order valence-electron chi connectivity index (χ0n) is 24.1. The molecule has 1 N–H and O–H groups in total. The van der Waals surface area contributed by atoms with Crippen LogP contribution in [0.5, 0.6) is 0 Å². The second-order valence-electron chi connectivity index (χ2n) is 10.2. The van der Waals surface area contributed by atoms with Crippen molar-refractivity contribution in [1.29, 1.82) is 0 Å². The molecule has 220 valence electrons. The van der Waals surface area contributed by atoms with Crippen molar-refractivity contribution in [3.05, 3.63) is 93.0 Å². The van der Waals surface area contributed by atoms with Crippen molar-refractivity contribution in [2.24, 2.45) is 0 Å². The van der Waals surface area contributed by atoms with E-state index in [0.29, 0.717) is 33.4 Å². The number of hydrogen-bond acceptors (Lipinski definition) is 4. The van der Waals surface area contributed by atoms with E-state index in [1.54, 1.807) is 56.3 Å². The topological polar surface area (TPSA) is 86.8 Å². The highest BCUT2D eigenvalue weighted by Crippen LogP contribution is 2.29. The van der Waals surface area contributed by atoms with Gasteiger partial charge in [-0.1, -0.05) is 78.0 Å². The fourth-order valence-electron chi connectivity index (χ4n) is 4.39. The molecule has 0 saturated carbocycles. The Balaban J connectivity index is 2.06. The number of sulfonamides is 1. The van der Waals surface area contributed by atoms with Gasteiger partial charge in [-0.2, -0.15) is 0 Å². The first kappa shape index (κ1) is 32.4. The van der Waals surface area contributed by atoms with E-state index in [-0.39, 0.29) is 17.3 Å². The van der Waals surface area contributed by atoms with Crippen molar-refractivity contribution >= 4 is 50.7 Å². The van der Waals surface area contributed by atoms with E-state index in [1.165, 1.54) is 17.0 Å². The largest absolute Gasteiger partial charge is 0.354 e. The molecule has 0 fully saturated rings. The van der Waals surface area contributed by atoms with Crippen LogP contribution in [0.25, 0.3) is 0 Å². The van der Waals surface area contributed by atoms with Crippen molar-refractivity contribution in [2.45, 2.75) is 64.9 Å². The highest BCUT2D eigenvalue weighted by Gasteiger charge is 2.33. The van der Waals surface area contributed by atoms with Gasteiger partial charge in [0.05, 0.1) is 10.6 Å². The zero-order valence-corrected chi connectivity index (χ0v) is 26.4. The summed E-state index contributed by atoms with van der Waals surface area (Å²) in [6.07, 6.45) is 1.70. The number of amides is 2. The molecule has 1 atom stereocenters. The maximum atomic E-state index is 14.1. The second kappa shape index (κ2) is 14.2. The molecule has 0 aliphatic rings. The number of halogens is 2. The monoisotopic (exact) mass is 617 g/mol. The first-order chi connectivity index (χ1) is 19.3. The Hall–Kier alpha value is -3.07. The molecular formula is C31H37Cl2N3O4S. The molecule has 0 aliphatic heterocycles. The Bertz CT molecular complexity index is 1490. The van der Waals surface area contributed by atoms with Crippen molar-refractivity contribution in [3.63, 3.8) is 0 Å². The zero-order chi connectivity index (χ0) is 30.3. The number of unbranched alkanes of at least 4 members (excludes halogenated alkanes) is 1. The second-order valence-corrected chi connectivity index (χ2v) is 12.9. The Labute approximate surface area is 253 Å². The summed E-state index contributed by atoms with van der Waals surface area (Å²) in [4.78, 5) is 28.6. The number of carbonyl (C=O) groups excluding carboxylic acids is 2. The van der Waals surface area contributed by atoms with Gasteiger partial charge < -0.3 is 10.2 Å². The van der Waals surface area contributed by atoms with E-state index >= 15 is 0 Å². The van der Waals surface area contributed by atoms with E-state index in [9.17, 15) is 18.0 Å². The van der Waals surface area contributed by atoms with Crippen molar-refractivity contribution in [3.8, 4) is 0 Å².